The summed E-state index contributed by atoms with van der Waals surface area (Å²) in [6.45, 7) is 3.99. The van der Waals surface area contributed by atoms with Crippen LogP contribution < -0.4 is 9.47 Å². The quantitative estimate of drug-likeness (QED) is 0.176. The van der Waals surface area contributed by atoms with Gasteiger partial charge in [-0.05, 0) is 42.0 Å². The fraction of sp³-hybridized carbons (Fsp3) is 0.0952. The zero-order valence-corrected chi connectivity index (χ0v) is 18.8. The lowest BCUT2D eigenvalue weighted by atomic mass is 10.1. The molecule has 0 radical (unpaired) electrons. The molecule has 0 bridgehead atoms. The number of carbonyl (C=O) groups is 2. The van der Waals surface area contributed by atoms with Crippen molar-refractivity contribution in [3.8, 4) is 11.5 Å². The van der Waals surface area contributed by atoms with Crippen LogP contribution in [0, 0.1) is 0 Å². The number of benzene rings is 2. The summed E-state index contributed by atoms with van der Waals surface area (Å²) in [6, 6.07) is 9.44. The largest absolute Gasteiger partial charge is 0.493 e. The summed E-state index contributed by atoms with van der Waals surface area (Å²) in [6.07, 6.45) is 3.32. The fourth-order valence-corrected chi connectivity index (χ4v) is 4.37. The Labute approximate surface area is 193 Å². The number of halogens is 2. The topological polar surface area (TPSA) is 55.8 Å². The van der Waals surface area contributed by atoms with Gasteiger partial charge in [0.15, 0.2) is 11.5 Å². The van der Waals surface area contributed by atoms with Gasteiger partial charge in [-0.2, -0.15) is 0 Å². The van der Waals surface area contributed by atoms with Crippen molar-refractivity contribution in [3.05, 3.63) is 75.1 Å². The van der Waals surface area contributed by atoms with Crippen LogP contribution in [0.2, 0.25) is 10.0 Å². The highest BCUT2D eigenvalue weighted by atomic mass is 35.5. The normalized spacial score (nSPS) is 14.9. The minimum absolute atomic E-state index is 0.179. The van der Waals surface area contributed by atoms with Crippen molar-refractivity contribution in [2.75, 3.05) is 13.7 Å². The van der Waals surface area contributed by atoms with Crippen LogP contribution in [0.1, 0.15) is 15.9 Å². The monoisotopic (exact) mass is 479 g/mol. The first-order valence-corrected chi connectivity index (χ1v) is 10.5. The minimum Gasteiger partial charge on any atom is -0.493 e. The maximum Gasteiger partial charge on any atom is 0.345 e. The molecular weight excluding hydrogens is 465 g/mol. The summed E-state index contributed by atoms with van der Waals surface area (Å²) >= 11 is 18.4. The Bertz CT molecular complexity index is 1080. The summed E-state index contributed by atoms with van der Waals surface area (Å²) in [4.78, 5) is 26.9. The first kappa shape index (κ1) is 22.4. The Morgan fingerprint density at radius 3 is 2.67 bits per heavy atom. The van der Waals surface area contributed by atoms with E-state index >= 15 is 0 Å². The van der Waals surface area contributed by atoms with Crippen molar-refractivity contribution in [3.63, 3.8) is 0 Å². The van der Waals surface area contributed by atoms with Crippen LogP contribution in [-0.4, -0.2) is 34.8 Å². The molecule has 1 aliphatic heterocycles. The summed E-state index contributed by atoms with van der Waals surface area (Å²) in [5.41, 5.74) is 0.869. The summed E-state index contributed by atoms with van der Waals surface area (Å²) < 4.78 is 11.2. The van der Waals surface area contributed by atoms with Crippen LogP contribution in [0.4, 0.5) is 0 Å². The van der Waals surface area contributed by atoms with Crippen molar-refractivity contribution in [1.29, 1.82) is 0 Å². The lowest BCUT2D eigenvalue weighted by molar-refractivity contribution is -0.121. The number of rotatable bonds is 6. The molecule has 1 amide bonds. The van der Waals surface area contributed by atoms with Gasteiger partial charge in [0.05, 0.1) is 22.6 Å². The van der Waals surface area contributed by atoms with E-state index in [0.29, 0.717) is 32.1 Å². The van der Waals surface area contributed by atoms with Crippen LogP contribution in [-0.2, 0) is 4.79 Å². The van der Waals surface area contributed by atoms with Gasteiger partial charge in [0.2, 0.25) is 0 Å². The number of thioether (sulfide) groups is 1. The van der Waals surface area contributed by atoms with E-state index < -0.39 is 5.97 Å². The second kappa shape index (κ2) is 9.66. The van der Waals surface area contributed by atoms with Gasteiger partial charge in [-0.25, -0.2) is 4.79 Å². The molecule has 1 heterocycles. The number of carbonyl (C=O) groups excluding carboxylic acids is 2. The molecule has 3 rings (SSSR count). The maximum atomic E-state index is 12.5. The van der Waals surface area contributed by atoms with Gasteiger partial charge in [-0.1, -0.05) is 59.3 Å². The second-order valence-corrected chi connectivity index (χ2v) is 8.52. The molecule has 1 fully saturated rings. The highest BCUT2D eigenvalue weighted by Crippen LogP contribution is 2.35. The van der Waals surface area contributed by atoms with E-state index in [1.54, 1.807) is 36.4 Å². The summed E-state index contributed by atoms with van der Waals surface area (Å²) in [5.74, 6) is -0.293. The number of amides is 1. The van der Waals surface area contributed by atoms with Crippen molar-refractivity contribution >= 4 is 69.5 Å². The lowest BCUT2D eigenvalue weighted by Crippen LogP contribution is -2.27. The molecule has 1 saturated heterocycles. The Morgan fingerprint density at radius 1 is 1.23 bits per heavy atom. The number of esters is 1. The van der Waals surface area contributed by atoms with Crippen LogP contribution >= 0.6 is 47.2 Å². The Balaban J connectivity index is 1.83. The molecule has 0 N–H and O–H groups in total. The zero-order valence-electron chi connectivity index (χ0n) is 15.7. The SMILES string of the molecule is C=CCN1C(=O)/C(=C\c2ccc(OC(=O)c3ccc(Cl)cc3Cl)c(OC)c2)SC1=S. The smallest absolute Gasteiger partial charge is 0.345 e. The number of nitrogens with zero attached hydrogens (tertiary/aromatic N) is 1. The van der Waals surface area contributed by atoms with Gasteiger partial charge in [0, 0.05) is 11.6 Å². The first-order chi connectivity index (χ1) is 14.3. The predicted molar refractivity (Wildman–Crippen MR) is 124 cm³/mol. The van der Waals surface area contributed by atoms with E-state index in [2.05, 4.69) is 6.58 Å². The summed E-state index contributed by atoms with van der Waals surface area (Å²) in [5, 5.41) is 0.599. The summed E-state index contributed by atoms with van der Waals surface area (Å²) in [7, 11) is 1.45. The molecule has 0 saturated carbocycles. The highest BCUT2D eigenvalue weighted by Gasteiger charge is 2.31. The van der Waals surface area contributed by atoms with E-state index in [-0.39, 0.29) is 22.2 Å². The number of hydrogen-bond acceptors (Lipinski definition) is 6. The van der Waals surface area contributed by atoms with Crippen molar-refractivity contribution < 1.29 is 19.1 Å². The van der Waals surface area contributed by atoms with Crippen LogP contribution in [0.15, 0.2) is 54.0 Å². The van der Waals surface area contributed by atoms with Gasteiger partial charge in [-0.3, -0.25) is 9.69 Å². The molecule has 30 heavy (non-hydrogen) atoms. The molecule has 0 atom stereocenters. The number of ether oxygens (including phenoxy) is 2. The van der Waals surface area contributed by atoms with Gasteiger partial charge in [-0.15, -0.1) is 6.58 Å². The zero-order chi connectivity index (χ0) is 21.8. The number of thiocarbonyl (C=S) groups is 1. The molecular formula is C21H15Cl2NO4S2. The van der Waals surface area contributed by atoms with Crippen molar-refractivity contribution in [2.45, 2.75) is 0 Å². The predicted octanol–water partition coefficient (Wildman–Crippen LogP) is 5.61. The molecule has 2 aromatic rings. The van der Waals surface area contributed by atoms with E-state index in [0.717, 1.165) is 0 Å². The van der Waals surface area contributed by atoms with Crippen LogP contribution in [0.25, 0.3) is 6.08 Å². The average Bonchev–Trinajstić information content (AvgIpc) is 2.96. The Kier molecular flexibility index (Phi) is 7.20. The van der Waals surface area contributed by atoms with Crippen LogP contribution in [0.5, 0.6) is 11.5 Å². The van der Waals surface area contributed by atoms with E-state index in [1.165, 1.54) is 35.9 Å². The third kappa shape index (κ3) is 4.87. The molecule has 1 aliphatic rings. The van der Waals surface area contributed by atoms with E-state index in [4.69, 9.17) is 44.9 Å². The van der Waals surface area contributed by atoms with Gasteiger partial charge < -0.3 is 9.47 Å². The third-order valence-corrected chi connectivity index (χ3v) is 5.95. The molecule has 154 valence electrons. The average molecular weight is 480 g/mol. The van der Waals surface area contributed by atoms with Gasteiger partial charge >= 0.3 is 5.97 Å². The molecule has 9 heteroatoms. The first-order valence-electron chi connectivity index (χ1n) is 8.55. The molecule has 0 spiro atoms. The van der Waals surface area contributed by atoms with Gasteiger partial charge in [0.25, 0.3) is 5.91 Å². The molecule has 0 unspecified atom stereocenters. The molecule has 0 aromatic heterocycles. The molecule has 5 nitrogen and oxygen atoms in total. The number of methoxy groups -OCH3 is 1. The van der Waals surface area contributed by atoms with Gasteiger partial charge in [0.1, 0.15) is 4.32 Å². The Hall–Kier alpha value is -2.32. The van der Waals surface area contributed by atoms with E-state index in [1.807, 2.05) is 0 Å². The van der Waals surface area contributed by atoms with E-state index in [9.17, 15) is 9.59 Å². The fourth-order valence-electron chi connectivity index (χ4n) is 2.61. The van der Waals surface area contributed by atoms with Crippen LogP contribution in [0.3, 0.4) is 0 Å². The number of hydrogen-bond donors (Lipinski definition) is 0. The maximum absolute atomic E-state index is 12.5. The highest BCUT2D eigenvalue weighted by molar-refractivity contribution is 8.26. The standard InChI is InChI=1S/C21H15Cl2NO4S2/c1-3-8-24-19(25)18(30-21(24)29)10-12-4-7-16(17(9-12)27-2)28-20(26)14-6-5-13(22)11-15(14)23/h3-7,9-11H,1,8H2,2H3/b18-10+. The molecule has 0 aliphatic carbocycles. The third-order valence-electron chi connectivity index (χ3n) is 4.02. The second-order valence-electron chi connectivity index (χ2n) is 6.00. The minimum atomic E-state index is -0.645. The van der Waals surface area contributed by atoms with Crippen molar-refractivity contribution in [2.24, 2.45) is 0 Å². The lowest BCUT2D eigenvalue weighted by Gasteiger charge is -2.11. The van der Waals surface area contributed by atoms with Crippen molar-refractivity contribution in [1.82, 2.24) is 4.90 Å². The molecule has 2 aromatic carbocycles. The Morgan fingerprint density at radius 2 is 2.00 bits per heavy atom.